The highest BCUT2D eigenvalue weighted by molar-refractivity contribution is 5.47. The molecular weight excluding hydrogens is 174 g/mol. The summed E-state index contributed by atoms with van der Waals surface area (Å²) in [5.41, 5.74) is 1.40. The Labute approximate surface area is 84.5 Å². The minimum absolute atomic E-state index is 0.642. The molecule has 0 spiro atoms. The van der Waals surface area contributed by atoms with Crippen molar-refractivity contribution in [2.45, 2.75) is 12.3 Å². The van der Waals surface area contributed by atoms with Gasteiger partial charge in [-0.1, -0.05) is 30.3 Å². The predicted molar refractivity (Wildman–Crippen MR) is 55.6 cm³/mol. The zero-order valence-electron chi connectivity index (χ0n) is 8.31. The third-order valence-electron chi connectivity index (χ3n) is 2.81. The van der Waals surface area contributed by atoms with Gasteiger partial charge in [0.15, 0.2) is 0 Å². The highest BCUT2D eigenvalue weighted by atomic mass is 16.1. The van der Waals surface area contributed by atoms with Gasteiger partial charge >= 0.3 is 6.41 Å². The molecule has 1 fully saturated rings. The van der Waals surface area contributed by atoms with Crippen LogP contribution in [0, 0.1) is 5.92 Å². The summed E-state index contributed by atoms with van der Waals surface area (Å²) in [5, 5.41) is 0. The second-order valence-corrected chi connectivity index (χ2v) is 3.98. The number of amides is 1. The van der Waals surface area contributed by atoms with E-state index in [4.69, 9.17) is 0 Å². The van der Waals surface area contributed by atoms with Crippen LogP contribution in [0.15, 0.2) is 30.3 Å². The lowest BCUT2D eigenvalue weighted by atomic mass is 10.1. The van der Waals surface area contributed by atoms with Crippen LogP contribution in [0.25, 0.3) is 0 Å². The number of nitrogens with zero attached hydrogens (tertiary/aromatic N) is 1. The van der Waals surface area contributed by atoms with Crippen molar-refractivity contribution < 1.29 is 4.79 Å². The van der Waals surface area contributed by atoms with Crippen molar-refractivity contribution in [3.05, 3.63) is 35.9 Å². The number of carbonyl (C=O) groups excluding carboxylic acids is 1. The van der Waals surface area contributed by atoms with Crippen LogP contribution in [0.3, 0.4) is 0 Å². The van der Waals surface area contributed by atoms with E-state index in [-0.39, 0.29) is 0 Å². The minimum atomic E-state index is 0.642. The Bertz CT molecular complexity index is 309. The Morgan fingerprint density at radius 3 is 2.79 bits per heavy atom. The van der Waals surface area contributed by atoms with E-state index in [0.717, 1.165) is 6.54 Å². The molecule has 0 bridgehead atoms. The molecule has 1 amide bonds. The molecule has 2 nitrogen and oxygen atoms in total. The summed E-state index contributed by atoms with van der Waals surface area (Å²) in [7, 11) is 1.79. The van der Waals surface area contributed by atoms with E-state index < -0.39 is 0 Å². The summed E-state index contributed by atoms with van der Waals surface area (Å²) in [6.45, 7) is 0.836. The van der Waals surface area contributed by atoms with Gasteiger partial charge < -0.3 is 4.90 Å². The topological polar surface area (TPSA) is 20.3 Å². The molecule has 0 aromatic heterocycles. The minimum Gasteiger partial charge on any atom is -0.337 e. The van der Waals surface area contributed by atoms with E-state index >= 15 is 0 Å². The van der Waals surface area contributed by atoms with Crippen molar-refractivity contribution in [1.29, 1.82) is 0 Å². The number of rotatable bonds is 4. The van der Waals surface area contributed by atoms with Gasteiger partial charge in [-0.15, -0.1) is 0 Å². The Morgan fingerprint density at radius 2 is 2.14 bits per heavy atom. The van der Waals surface area contributed by atoms with Gasteiger partial charge in [0.1, 0.15) is 0 Å². The first-order valence-electron chi connectivity index (χ1n) is 4.95. The third kappa shape index (κ3) is 1.95. The highest BCUT2D eigenvalue weighted by Gasteiger charge is 2.38. The van der Waals surface area contributed by atoms with Crippen LogP contribution in [0.4, 0.5) is 0 Å². The Kier molecular flexibility index (Phi) is 2.53. The fraction of sp³-hybridized carbons (Fsp3) is 0.417. The molecule has 1 aromatic carbocycles. The summed E-state index contributed by atoms with van der Waals surface area (Å²) in [5.74, 6) is 1.30. The zero-order chi connectivity index (χ0) is 9.97. The van der Waals surface area contributed by atoms with Gasteiger partial charge in [0.2, 0.25) is 0 Å². The van der Waals surface area contributed by atoms with Gasteiger partial charge in [-0.25, -0.2) is 0 Å². The molecule has 1 aromatic rings. The number of benzene rings is 1. The maximum Gasteiger partial charge on any atom is 0.311 e. The van der Waals surface area contributed by atoms with E-state index in [1.807, 2.05) is 12.5 Å². The highest BCUT2D eigenvalue weighted by Crippen LogP contribution is 2.47. The fourth-order valence-electron chi connectivity index (χ4n) is 1.95. The molecule has 2 heteroatoms. The smallest absolute Gasteiger partial charge is 0.311 e. The van der Waals surface area contributed by atoms with E-state index in [9.17, 15) is 4.79 Å². The maximum atomic E-state index is 10.3. The van der Waals surface area contributed by atoms with Crippen molar-refractivity contribution in [1.82, 2.24) is 4.90 Å². The molecule has 2 unspecified atom stereocenters. The van der Waals surface area contributed by atoms with Gasteiger partial charge in [-0.3, -0.25) is 4.79 Å². The second kappa shape index (κ2) is 3.82. The van der Waals surface area contributed by atoms with Crippen LogP contribution in [-0.4, -0.2) is 24.9 Å². The molecule has 73 valence electrons. The van der Waals surface area contributed by atoms with E-state index in [0.29, 0.717) is 11.8 Å². The summed E-state index contributed by atoms with van der Waals surface area (Å²) >= 11 is 0. The molecule has 2 atom stereocenters. The lowest BCUT2D eigenvalue weighted by Gasteiger charge is -2.08. The molecule has 1 aliphatic carbocycles. The van der Waals surface area contributed by atoms with Crippen LogP contribution in [0.1, 0.15) is 17.9 Å². The summed E-state index contributed by atoms with van der Waals surface area (Å²) in [6.07, 6.45) is 3.10. The molecular formula is C12H14NO. The van der Waals surface area contributed by atoms with Crippen LogP contribution >= 0.6 is 0 Å². The van der Waals surface area contributed by atoms with Crippen molar-refractivity contribution in [3.63, 3.8) is 0 Å². The molecule has 1 radical (unpaired) electrons. The van der Waals surface area contributed by atoms with Crippen LogP contribution in [-0.2, 0) is 4.79 Å². The second-order valence-electron chi connectivity index (χ2n) is 3.98. The van der Waals surface area contributed by atoms with E-state index in [2.05, 4.69) is 24.3 Å². The molecule has 0 N–H and O–H groups in total. The van der Waals surface area contributed by atoms with Crippen LogP contribution in [0.2, 0.25) is 0 Å². The monoisotopic (exact) mass is 188 g/mol. The predicted octanol–water partition coefficient (Wildman–Crippen LogP) is 1.79. The Balaban J connectivity index is 1.90. The molecule has 0 saturated heterocycles. The quantitative estimate of drug-likeness (QED) is 0.660. The zero-order valence-corrected chi connectivity index (χ0v) is 8.31. The molecule has 1 saturated carbocycles. The number of hydrogen-bond acceptors (Lipinski definition) is 1. The van der Waals surface area contributed by atoms with Crippen molar-refractivity contribution in [2.24, 2.45) is 5.92 Å². The maximum absolute atomic E-state index is 10.3. The van der Waals surface area contributed by atoms with E-state index in [1.54, 1.807) is 11.9 Å². The number of hydrogen-bond donors (Lipinski definition) is 0. The Morgan fingerprint density at radius 1 is 1.43 bits per heavy atom. The SMILES string of the molecule is CN([C]=O)CC1CC1c1ccccc1. The molecule has 1 aliphatic rings. The summed E-state index contributed by atoms with van der Waals surface area (Å²) in [6, 6.07) is 10.5. The first-order chi connectivity index (χ1) is 6.81. The van der Waals surface area contributed by atoms with Gasteiger partial charge in [-0.2, -0.15) is 0 Å². The van der Waals surface area contributed by atoms with Gasteiger partial charge in [0.25, 0.3) is 0 Å². The lowest BCUT2D eigenvalue weighted by Crippen LogP contribution is -2.18. The van der Waals surface area contributed by atoms with Gasteiger partial charge in [0, 0.05) is 13.6 Å². The third-order valence-corrected chi connectivity index (χ3v) is 2.81. The fourth-order valence-corrected chi connectivity index (χ4v) is 1.95. The van der Waals surface area contributed by atoms with Gasteiger partial charge in [0.05, 0.1) is 0 Å². The van der Waals surface area contributed by atoms with Crippen LogP contribution < -0.4 is 0 Å². The first-order valence-corrected chi connectivity index (χ1v) is 4.95. The van der Waals surface area contributed by atoms with Crippen molar-refractivity contribution in [2.75, 3.05) is 13.6 Å². The van der Waals surface area contributed by atoms with Crippen molar-refractivity contribution >= 4 is 6.41 Å². The van der Waals surface area contributed by atoms with E-state index in [1.165, 1.54) is 12.0 Å². The summed E-state index contributed by atoms with van der Waals surface area (Å²) < 4.78 is 0. The molecule has 2 rings (SSSR count). The first kappa shape index (κ1) is 9.25. The Hall–Kier alpha value is -1.31. The molecule has 0 aliphatic heterocycles. The lowest BCUT2D eigenvalue weighted by molar-refractivity contribution is 0.417. The molecule has 0 heterocycles. The standard InChI is InChI=1S/C12H14NO/c1-13(9-14)8-11-7-12(11)10-5-3-2-4-6-10/h2-6,11-12H,7-8H2,1H3. The van der Waals surface area contributed by atoms with Crippen molar-refractivity contribution in [3.8, 4) is 0 Å². The van der Waals surface area contributed by atoms with Gasteiger partial charge in [-0.05, 0) is 23.8 Å². The average Bonchev–Trinajstić information content (AvgIpc) is 2.98. The summed E-state index contributed by atoms with van der Waals surface area (Å²) in [4.78, 5) is 11.9. The molecule has 14 heavy (non-hydrogen) atoms. The normalized spacial score (nSPS) is 24.4. The average molecular weight is 188 g/mol. The largest absolute Gasteiger partial charge is 0.337 e. The van der Waals surface area contributed by atoms with Crippen LogP contribution in [0.5, 0.6) is 0 Å².